The molecule has 0 saturated carbocycles. The van der Waals surface area contributed by atoms with E-state index in [0.717, 1.165) is 6.20 Å². The van der Waals surface area contributed by atoms with Crippen LogP contribution in [0.4, 0.5) is 8.78 Å². The number of pyridine rings is 1. The van der Waals surface area contributed by atoms with Crippen LogP contribution in [-0.2, 0) is 11.8 Å². The van der Waals surface area contributed by atoms with E-state index in [2.05, 4.69) is 20.9 Å². The third-order valence-electron chi connectivity index (χ3n) is 1.90. The first-order valence-electron chi connectivity index (χ1n) is 3.99. The molecule has 1 heterocycles. The summed E-state index contributed by atoms with van der Waals surface area (Å²) >= 11 is 8.84. The fraction of sp³-hybridized carbons (Fsp3) is 0.333. The van der Waals surface area contributed by atoms with Crippen LogP contribution in [0.15, 0.2) is 6.20 Å². The molecule has 80 valence electrons. The van der Waals surface area contributed by atoms with E-state index < -0.39 is 6.43 Å². The van der Waals surface area contributed by atoms with Gasteiger partial charge in [-0.05, 0) is 5.56 Å². The molecule has 0 bridgehead atoms. The van der Waals surface area contributed by atoms with Gasteiger partial charge in [0.25, 0.3) is 6.43 Å². The van der Waals surface area contributed by atoms with Crippen molar-refractivity contribution in [2.45, 2.75) is 18.2 Å². The Balaban J connectivity index is 3.34. The molecule has 15 heavy (non-hydrogen) atoms. The Morgan fingerprint density at radius 3 is 2.67 bits per heavy atom. The Bertz CT molecular complexity index is 404. The maximum absolute atomic E-state index is 12.6. The molecule has 0 radical (unpaired) electrons. The zero-order valence-corrected chi connectivity index (χ0v) is 9.82. The summed E-state index contributed by atoms with van der Waals surface area (Å²) in [5.41, 5.74) is 0.543. The van der Waals surface area contributed by atoms with Gasteiger partial charge in [0.15, 0.2) is 0 Å². The fourth-order valence-electron chi connectivity index (χ4n) is 1.19. The van der Waals surface area contributed by atoms with E-state index in [1.54, 1.807) is 0 Å². The van der Waals surface area contributed by atoms with Gasteiger partial charge in [0, 0.05) is 22.7 Å². The molecule has 0 fully saturated rings. The van der Waals surface area contributed by atoms with E-state index in [0.29, 0.717) is 11.1 Å². The molecule has 0 aliphatic carbocycles. The minimum absolute atomic E-state index is 0.0205. The molecule has 0 amide bonds. The van der Waals surface area contributed by atoms with E-state index in [4.69, 9.17) is 16.9 Å². The fourth-order valence-corrected chi connectivity index (χ4v) is 2.08. The average Bonchev–Trinajstić information content (AvgIpc) is 2.20. The Morgan fingerprint density at radius 1 is 1.53 bits per heavy atom. The molecule has 0 spiro atoms. The molecular weight excluding hydrogens is 289 g/mol. The zero-order chi connectivity index (χ0) is 11.4. The predicted molar refractivity (Wildman–Crippen MR) is 56.2 cm³/mol. The van der Waals surface area contributed by atoms with Gasteiger partial charge in [-0.25, -0.2) is 13.8 Å². The molecule has 2 nitrogen and oxygen atoms in total. The van der Waals surface area contributed by atoms with E-state index in [-0.39, 0.29) is 22.5 Å². The molecule has 1 aromatic rings. The lowest BCUT2D eigenvalue weighted by atomic mass is 10.0. The van der Waals surface area contributed by atoms with Crippen LogP contribution in [0.25, 0.3) is 0 Å². The summed E-state index contributed by atoms with van der Waals surface area (Å²) in [5, 5.41) is 8.89. The van der Waals surface area contributed by atoms with Gasteiger partial charge in [-0.1, -0.05) is 27.5 Å². The second-order valence-electron chi connectivity index (χ2n) is 2.73. The summed E-state index contributed by atoms with van der Waals surface area (Å²) < 4.78 is 25.2. The van der Waals surface area contributed by atoms with E-state index in [1.807, 2.05) is 6.07 Å². The zero-order valence-electron chi connectivity index (χ0n) is 7.48. The molecule has 1 rings (SSSR count). The third kappa shape index (κ3) is 2.64. The molecular formula is C9H6BrClF2N2. The van der Waals surface area contributed by atoms with Gasteiger partial charge in [0.1, 0.15) is 5.15 Å². The number of nitriles is 1. The van der Waals surface area contributed by atoms with Crippen molar-refractivity contribution >= 4 is 27.5 Å². The van der Waals surface area contributed by atoms with Crippen LogP contribution in [-0.4, -0.2) is 4.98 Å². The molecule has 6 heteroatoms. The van der Waals surface area contributed by atoms with Gasteiger partial charge >= 0.3 is 0 Å². The van der Waals surface area contributed by atoms with Gasteiger partial charge in [-0.3, -0.25) is 0 Å². The number of nitrogens with zero attached hydrogens (tertiary/aromatic N) is 2. The minimum Gasteiger partial charge on any atom is -0.244 e. The van der Waals surface area contributed by atoms with Crippen LogP contribution in [0.2, 0.25) is 5.15 Å². The van der Waals surface area contributed by atoms with Gasteiger partial charge in [-0.2, -0.15) is 5.26 Å². The van der Waals surface area contributed by atoms with Crippen molar-refractivity contribution < 1.29 is 8.78 Å². The first-order chi connectivity index (χ1) is 7.11. The number of alkyl halides is 3. The largest absolute Gasteiger partial charge is 0.265 e. The summed E-state index contributed by atoms with van der Waals surface area (Å²) in [7, 11) is 0. The van der Waals surface area contributed by atoms with Gasteiger partial charge in [0.2, 0.25) is 0 Å². The van der Waals surface area contributed by atoms with Crippen molar-refractivity contribution in [2.24, 2.45) is 0 Å². The lowest BCUT2D eigenvalue weighted by molar-refractivity contribution is 0.150. The molecule has 1 aromatic heterocycles. The Labute approximate surface area is 99.0 Å². The SMILES string of the molecule is N#CCc1c(Cl)ncc(C(F)F)c1CBr. The molecule has 0 aliphatic heterocycles. The molecule has 0 saturated heterocycles. The Hall–Kier alpha value is -0.730. The van der Waals surface area contributed by atoms with Crippen molar-refractivity contribution in [2.75, 3.05) is 0 Å². The highest BCUT2D eigenvalue weighted by Gasteiger charge is 2.18. The summed E-state index contributed by atoms with van der Waals surface area (Å²) in [6, 6.07) is 1.88. The highest BCUT2D eigenvalue weighted by molar-refractivity contribution is 9.08. The van der Waals surface area contributed by atoms with Crippen LogP contribution in [0.5, 0.6) is 0 Å². The van der Waals surface area contributed by atoms with Crippen molar-refractivity contribution in [3.05, 3.63) is 28.0 Å². The predicted octanol–water partition coefficient (Wildman–Crippen LogP) is 3.63. The summed E-state index contributed by atoms with van der Waals surface area (Å²) in [6.45, 7) is 0. The number of aromatic nitrogens is 1. The maximum Gasteiger partial charge on any atom is 0.265 e. The van der Waals surface area contributed by atoms with Crippen molar-refractivity contribution in [3.8, 4) is 6.07 Å². The highest BCUT2D eigenvalue weighted by atomic mass is 79.9. The number of hydrogen-bond acceptors (Lipinski definition) is 2. The van der Waals surface area contributed by atoms with Crippen LogP contribution >= 0.6 is 27.5 Å². The lowest BCUT2D eigenvalue weighted by Crippen LogP contribution is -2.01. The first-order valence-corrected chi connectivity index (χ1v) is 5.49. The van der Waals surface area contributed by atoms with Crippen molar-refractivity contribution in [1.82, 2.24) is 4.98 Å². The molecule has 0 aliphatic rings. The topological polar surface area (TPSA) is 36.7 Å². The minimum atomic E-state index is -2.61. The third-order valence-corrected chi connectivity index (χ3v) is 2.79. The van der Waals surface area contributed by atoms with E-state index in [9.17, 15) is 8.78 Å². The van der Waals surface area contributed by atoms with Crippen LogP contribution in [0.3, 0.4) is 0 Å². The normalized spacial score (nSPS) is 10.4. The molecule has 0 N–H and O–H groups in total. The number of halogens is 4. The smallest absolute Gasteiger partial charge is 0.244 e. The van der Waals surface area contributed by atoms with Crippen LogP contribution in [0, 0.1) is 11.3 Å². The van der Waals surface area contributed by atoms with Crippen LogP contribution in [0.1, 0.15) is 23.1 Å². The van der Waals surface area contributed by atoms with Crippen molar-refractivity contribution in [3.63, 3.8) is 0 Å². The Morgan fingerprint density at radius 2 is 2.20 bits per heavy atom. The van der Waals surface area contributed by atoms with Gasteiger partial charge in [0.05, 0.1) is 12.5 Å². The monoisotopic (exact) mass is 294 g/mol. The lowest BCUT2D eigenvalue weighted by Gasteiger charge is -2.11. The van der Waals surface area contributed by atoms with Crippen LogP contribution < -0.4 is 0 Å². The highest BCUT2D eigenvalue weighted by Crippen LogP contribution is 2.30. The summed E-state index contributed by atoms with van der Waals surface area (Å²) in [4.78, 5) is 3.64. The average molecular weight is 296 g/mol. The van der Waals surface area contributed by atoms with Gasteiger partial charge < -0.3 is 0 Å². The second-order valence-corrected chi connectivity index (χ2v) is 3.65. The second kappa shape index (κ2) is 5.38. The van der Waals surface area contributed by atoms with E-state index in [1.165, 1.54) is 0 Å². The van der Waals surface area contributed by atoms with Gasteiger partial charge in [-0.15, -0.1) is 0 Å². The maximum atomic E-state index is 12.6. The quantitative estimate of drug-likeness (QED) is 0.630. The van der Waals surface area contributed by atoms with E-state index >= 15 is 0 Å². The number of rotatable bonds is 3. The number of hydrogen-bond donors (Lipinski definition) is 0. The molecule has 0 unspecified atom stereocenters. The molecule has 0 atom stereocenters. The first kappa shape index (κ1) is 12.3. The summed E-state index contributed by atoms with van der Waals surface area (Å²) in [5.74, 6) is 0. The summed E-state index contributed by atoms with van der Waals surface area (Å²) in [6.07, 6.45) is -1.59. The standard InChI is InChI=1S/C9H6BrClF2N2/c10-3-6-5(1-2-14)8(11)15-4-7(6)9(12)13/h4,9H,1,3H2. The Kier molecular flexibility index (Phi) is 4.43. The van der Waals surface area contributed by atoms with Crippen molar-refractivity contribution in [1.29, 1.82) is 5.26 Å². The molecule has 0 aromatic carbocycles.